The molecule has 0 bridgehead atoms. The van der Waals surface area contributed by atoms with Crippen LogP contribution >= 0.6 is 0 Å². The van der Waals surface area contributed by atoms with Gasteiger partial charge in [0, 0.05) is 12.2 Å². The summed E-state index contributed by atoms with van der Waals surface area (Å²) in [6.45, 7) is 4.27. The van der Waals surface area contributed by atoms with Crippen molar-refractivity contribution in [1.29, 1.82) is 0 Å². The van der Waals surface area contributed by atoms with Gasteiger partial charge in [-0.2, -0.15) is 4.31 Å². The molecule has 140 valence electrons. The monoisotopic (exact) mass is 376 g/mol. The summed E-state index contributed by atoms with van der Waals surface area (Å²) in [4.78, 5) is 12.3. The molecule has 2 aromatic carbocycles. The maximum Gasteiger partial charge on any atom is 0.239 e. The first-order valence-electron chi connectivity index (χ1n) is 8.32. The molecule has 0 aliphatic heterocycles. The van der Waals surface area contributed by atoms with Crippen LogP contribution in [0.2, 0.25) is 0 Å². The highest BCUT2D eigenvalue weighted by atomic mass is 32.2. The summed E-state index contributed by atoms with van der Waals surface area (Å²) >= 11 is 0. The molecule has 0 spiro atoms. The quantitative estimate of drug-likeness (QED) is 0.769. The fourth-order valence-electron chi connectivity index (χ4n) is 2.43. The molecule has 0 saturated carbocycles. The van der Waals surface area contributed by atoms with Gasteiger partial charge in [0.05, 0.1) is 19.4 Å². The van der Waals surface area contributed by atoms with E-state index in [-0.39, 0.29) is 13.1 Å². The highest BCUT2D eigenvalue weighted by Gasteiger charge is 2.21. The smallest absolute Gasteiger partial charge is 0.239 e. The molecular weight excluding hydrogens is 352 g/mol. The van der Waals surface area contributed by atoms with Crippen LogP contribution in [0.25, 0.3) is 0 Å². The van der Waals surface area contributed by atoms with Crippen LogP contribution in [0, 0.1) is 6.92 Å². The number of nitrogens with zero attached hydrogens (tertiary/aromatic N) is 1. The van der Waals surface area contributed by atoms with Crippen molar-refractivity contribution in [2.75, 3.05) is 24.7 Å². The lowest BCUT2D eigenvalue weighted by Gasteiger charge is -2.20. The molecule has 0 heterocycles. The van der Waals surface area contributed by atoms with Crippen LogP contribution in [0.4, 0.5) is 5.69 Å². The second-order valence-corrected chi connectivity index (χ2v) is 7.95. The van der Waals surface area contributed by atoms with Gasteiger partial charge in [-0.25, -0.2) is 8.42 Å². The predicted octanol–water partition coefficient (Wildman–Crippen LogP) is 2.79. The Morgan fingerprint density at radius 1 is 1.12 bits per heavy atom. The van der Waals surface area contributed by atoms with E-state index in [0.29, 0.717) is 18.0 Å². The first kappa shape index (κ1) is 19.9. The molecule has 0 saturated heterocycles. The number of carbonyl (C=O) groups is 1. The Bertz CT molecular complexity index is 848. The topological polar surface area (TPSA) is 75.7 Å². The standard InChI is InChI=1S/C19H24N2O4S/c1-4-25-18-11-9-17(10-12-18)20-19(22)14-21(26(3,23)24)13-16-8-6-5-7-15(16)2/h5-12H,4,13-14H2,1-3H3,(H,20,22). The number of sulfonamides is 1. The van der Waals surface area contributed by atoms with E-state index in [9.17, 15) is 13.2 Å². The number of nitrogens with one attached hydrogen (secondary N) is 1. The number of rotatable bonds is 8. The third-order valence-electron chi connectivity index (χ3n) is 3.85. The van der Waals surface area contributed by atoms with Gasteiger partial charge in [0.2, 0.25) is 15.9 Å². The fraction of sp³-hybridized carbons (Fsp3) is 0.316. The summed E-state index contributed by atoms with van der Waals surface area (Å²) in [7, 11) is -3.53. The molecule has 6 nitrogen and oxygen atoms in total. The molecule has 2 rings (SSSR count). The number of ether oxygens (including phenoxy) is 1. The van der Waals surface area contributed by atoms with Gasteiger partial charge in [0.1, 0.15) is 5.75 Å². The molecular formula is C19H24N2O4S. The average molecular weight is 376 g/mol. The lowest BCUT2D eigenvalue weighted by Crippen LogP contribution is -2.37. The number of anilines is 1. The number of hydrogen-bond donors (Lipinski definition) is 1. The molecule has 0 fully saturated rings. The van der Waals surface area contributed by atoms with E-state index in [1.165, 1.54) is 4.31 Å². The van der Waals surface area contributed by atoms with Crippen molar-refractivity contribution in [3.8, 4) is 5.75 Å². The maximum absolute atomic E-state index is 12.3. The van der Waals surface area contributed by atoms with Crippen molar-refractivity contribution in [2.45, 2.75) is 20.4 Å². The summed E-state index contributed by atoms with van der Waals surface area (Å²) in [5.41, 5.74) is 2.43. The molecule has 1 N–H and O–H groups in total. The fourth-order valence-corrected chi connectivity index (χ4v) is 3.16. The Balaban J connectivity index is 2.06. The number of amides is 1. The van der Waals surface area contributed by atoms with Gasteiger partial charge >= 0.3 is 0 Å². The van der Waals surface area contributed by atoms with Gasteiger partial charge in [-0.05, 0) is 49.2 Å². The average Bonchev–Trinajstić information content (AvgIpc) is 2.57. The number of aryl methyl sites for hydroxylation is 1. The predicted molar refractivity (Wildman–Crippen MR) is 103 cm³/mol. The van der Waals surface area contributed by atoms with Gasteiger partial charge in [-0.1, -0.05) is 24.3 Å². The van der Waals surface area contributed by atoms with Crippen molar-refractivity contribution >= 4 is 21.6 Å². The molecule has 0 unspecified atom stereocenters. The van der Waals surface area contributed by atoms with Crippen molar-refractivity contribution < 1.29 is 17.9 Å². The largest absolute Gasteiger partial charge is 0.494 e. The van der Waals surface area contributed by atoms with E-state index in [1.807, 2.05) is 38.1 Å². The van der Waals surface area contributed by atoms with Crippen molar-refractivity contribution in [1.82, 2.24) is 4.31 Å². The summed E-state index contributed by atoms with van der Waals surface area (Å²) in [6.07, 6.45) is 1.11. The van der Waals surface area contributed by atoms with Crippen molar-refractivity contribution in [3.05, 3.63) is 59.7 Å². The number of benzene rings is 2. The van der Waals surface area contributed by atoms with E-state index >= 15 is 0 Å². The Labute approximate surface area is 154 Å². The molecule has 2 aromatic rings. The van der Waals surface area contributed by atoms with Crippen LogP contribution in [0.5, 0.6) is 5.75 Å². The van der Waals surface area contributed by atoms with Crippen molar-refractivity contribution in [2.24, 2.45) is 0 Å². The van der Waals surface area contributed by atoms with Crippen LogP contribution in [0.3, 0.4) is 0 Å². The molecule has 7 heteroatoms. The highest BCUT2D eigenvalue weighted by Crippen LogP contribution is 2.16. The van der Waals surface area contributed by atoms with Gasteiger partial charge < -0.3 is 10.1 Å². The Kier molecular flexibility index (Phi) is 6.76. The van der Waals surface area contributed by atoms with Crippen molar-refractivity contribution in [3.63, 3.8) is 0 Å². The molecule has 0 atom stereocenters. The minimum absolute atomic E-state index is 0.155. The molecule has 0 aromatic heterocycles. The number of hydrogen-bond acceptors (Lipinski definition) is 4. The SMILES string of the molecule is CCOc1ccc(NC(=O)CN(Cc2ccccc2C)S(C)(=O)=O)cc1. The summed E-state index contributed by atoms with van der Waals surface area (Å²) in [5, 5.41) is 2.71. The lowest BCUT2D eigenvalue weighted by molar-refractivity contribution is -0.116. The maximum atomic E-state index is 12.3. The zero-order chi connectivity index (χ0) is 19.2. The van der Waals surface area contributed by atoms with Crippen LogP contribution in [0.15, 0.2) is 48.5 Å². The Morgan fingerprint density at radius 2 is 1.77 bits per heavy atom. The van der Waals surface area contributed by atoms with Crippen LogP contribution in [-0.2, 0) is 21.4 Å². The normalized spacial score (nSPS) is 11.4. The minimum atomic E-state index is -3.53. The molecule has 0 aliphatic carbocycles. The van der Waals surface area contributed by atoms with E-state index in [4.69, 9.17) is 4.74 Å². The second-order valence-electron chi connectivity index (χ2n) is 5.96. The summed E-state index contributed by atoms with van der Waals surface area (Å²) < 4.78 is 30.7. The third-order valence-corrected chi connectivity index (χ3v) is 5.04. The van der Waals surface area contributed by atoms with Crippen LogP contribution < -0.4 is 10.1 Å². The number of carbonyl (C=O) groups excluding carboxylic acids is 1. The van der Waals surface area contributed by atoms with Gasteiger partial charge in [0.25, 0.3) is 0 Å². The summed E-state index contributed by atoms with van der Waals surface area (Å²) in [5.74, 6) is 0.316. The zero-order valence-electron chi connectivity index (χ0n) is 15.2. The van der Waals surface area contributed by atoms with Crippen LogP contribution in [-0.4, -0.2) is 38.0 Å². The zero-order valence-corrected chi connectivity index (χ0v) is 16.0. The van der Waals surface area contributed by atoms with Crippen LogP contribution in [0.1, 0.15) is 18.1 Å². The van der Waals surface area contributed by atoms with Gasteiger partial charge in [0.15, 0.2) is 0 Å². The van der Waals surface area contributed by atoms with Gasteiger partial charge in [-0.3, -0.25) is 4.79 Å². The third kappa shape index (κ3) is 5.86. The molecule has 1 amide bonds. The molecule has 0 aliphatic rings. The lowest BCUT2D eigenvalue weighted by atomic mass is 10.1. The highest BCUT2D eigenvalue weighted by molar-refractivity contribution is 7.88. The molecule has 0 radical (unpaired) electrons. The van der Waals surface area contributed by atoms with Gasteiger partial charge in [-0.15, -0.1) is 0 Å². The van der Waals surface area contributed by atoms with E-state index < -0.39 is 15.9 Å². The van der Waals surface area contributed by atoms with E-state index in [2.05, 4.69) is 5.32 Å². The minimum Gasteiger partial charge on any atom is -0.494 e. The first-order chi connectivity index (χ1) is 12.3. The van der Waals surface area contributed by atoms with E-state index in [1.54, 1.807) is 24.3 Å². The van der Waals surface area contributed by atoms with E-state index in [0.717, 1.165) is 17.4 Å². The Morgan fingerprint density at radius 3 is 2.35 bits per heavy atom. The first-order valence-corrected chi connectivity index (χ1v) is 10.2. The summed E-state index contributed by atoms with van der Waals surface area (Å²) in [6, 6.07) is 14.4. The molecule has 26 heavy (non-hydrogen) atoms. The Hall–Kier alpha value is -2.38. The second kappa shape index (κ2) is 8.82.